The van der Waals surface area contributed by atoms with Gasteiger partial charge in [-0.2, -0.15) is 0 Å². The largest absolute Gasteiger partial charge is 0.355 e. The minimum atomic E-state index is 0.0897. The molecule has 0 spiro atoms. The highest BCUT2D eigenvalue weighted by molar-refractivity contribution is 9.10. The van der Waals surface area contributed by atoms with Gasteiger partial charge in [0.2, 0.25) is 5.91 Å². The molecule has 3 nitrogen and oxygen atoms in total. The van der Waals surface area contributed by atoms with Gasteiger partial charge in [-0.15, -0.1) is 0 Å². The van der Waals surface area contributed by atoms with Crippen LogP contribution in [0.1, 0.15) is 18.4 Å². The van der Waals surface area contributed by atoms with Crippen LogP contribution < -0.4 is 10.6 Å². The van der Waals surface area contributed by atoms with Gasteiger partial charge >= 0.3 is 0 Å². The minimum absolute atomic E-state index is 0.0897. The van der Waals surface area contributed by atoms with Gasteiger partial charge in [0.05, 0.1) is 6.54 Å². The normalized spacial score (nSPS) is 14.6. The smallest absolute Gasteiger partial charge is 0.233 e. The van der Waals surface area contributed by atoms with Crippen LogP contribution in [0.4, 0.5) is 0 Å². The van der Waals surface area contributed by atoms with Gasteiger partial charge in [-0.3, -0.25) is 4.79 Å². The van der Waals surface area contributed by atoms with Gasteiger partial charge in [-0.1, -0.05) is 28.1 Å². The molecule has 0 saturated heterocycles. The van der Waals surface area contributed by atoms with Gasteiger partial charge in [0, 0.05) is 17.6 Å². The Morgan fingerprint density at radius 1 is 1.41 bits per heavy atom. The van der Waals surface area contributed by atoms with Crippen LogP contribution in [0.3, 0.4) is 0 Å². The molecule has 1 fully saturated rings. The lowest BCUT2D eigenvalue weighted by molar-refractivity contribution is -0.120. The van der Waals surface area contributed by atoms with Crippen LogP contribution >= 0.6 is 15.9 Å². The summed E-state index contributed by atoms with van der Waals surface area (Å²) < 4.78 is 1.06. The van der Waals surface area contributed by atoms with Crippen LogP contribution in [-0.4, -0.2) is 19.0 Å². The monoisotopic (exact) mass is 296 g/mol. The van der Waals surface area contributed by atoms with E-state index in [1.807, 2.05) is 18.2 Å². The molecule has 1 aromatic carbocycles. The number of hydrogen-bond acceptors (Lipinski definition) is 2. The van der Waals surface area contributed by atoms with E-state index in [0.717, 1.165) is 23.5 Å². The average molecular weight is 297 g/mol. The van der Waals surface area contributed by atoms with E-state index in [2.05, 4.69) is 32.6 Å². The highest BCUT2D eigenvalue weighted by atomic mass is 79.9. The van der Waals surface area contributed by atoms with E-state index in [1.165, 1.54) is 18.4 Å². The number of amides is 1. The molecular formula is C13H17BrN2O. The topological polar surface area (TPSA) is 41.1 Å². The third-order valence-electron chi connectivity index (χ3n) is 2.79. The predicted octanol–water partition coefficient (Wildman–Crippen LogP) is 2.06. The third-order valence-corrected chi connectivity index (χ3v) is 3.28. The van der Waals surface area contributed by atoms with Gasteiger partial charge in [-0.25, -0.2) is 0 Å². The molecular weight excluding hydrogens is 280 g/mol. The molecule has 0 aliphatic heterocycles. The van der Waals surface area contributed by atoms with E-state index < -0.39 is 0 Å². The maximum atomic E-state index is 11.4. The second kappa shape index (κ2) is 6.17. The lowest BCUT2D eigenvalue weighted by Gasteiger charge is -2.06. The SMILES string of the molecule is O=C(CNCc1cccc(Br)c1)NCC1CC1. The van der Waals surface area contributed by atoms with Gasteiger partial charge in [0.1, 0.15) is 0 Å². The molecule has 0 atom stereocenters. The summed E-state index contributed by atoms with van der Waals surface area (Å²) in [6.07, 6.45) is 2.54. The van der Waals surface area contributed by atoms with Crippen molar-refractivity contribution in [1.29, 1.82) is 0 Å². The molecule has 1 saturated carbocycles. The third kappa shape index (κ3) is 4.88. The fourth-order valence-electron chi connectivity index (χ4n) is 1.61. The molecule has 92 valence electrons. The van der Waals surface area contributed by atoms with Crippen LogP contribution in [0, 0.1) is 5.92 Å². The summed E-state index contributed by atoms with van der Waals surface area (Å²) in [6, 6.07) is 8.08. The Balaban J connectivity index is 1.62. The van der Waals surface area contributed by atoms with Crippen molar-refractivity contribution in [2.24, 2.45) is 5.92 Å². The summed E-state index contributed by atoms with van der Waals surface area (Å²) in [4.78, 5) is 11.4. The van der Waals surface area contributed by atoms with E-state index in [9.17, 15) is 4.79 Å². The Labute approximate surface area is 110 Å². The number of rotatable bonds is 6. The van der Waals surface area contributed by atoms with Crippen molar-refractivity contribution in [1.82, 2.24) is 10.6 Å². The van der Waals surface area contributed by atoms with Crippen molar-refractivity contribution >= 4 is 21.8 Å². The fraction of sp³-hybridized carbons (Fsp3) is 0.462. The van der Waals surface area contributed by atoms with Crippen molar-refractivity contribution in [3.05, 3.63) is 34.3 Å². The van der Waals surface area contributed by atoms with Crippen molar-refractivity contribution in [3.8, 4) is 0 Å². The number of nitrogens with one attached hydrogen (secondary N) is 2. The number of halogens is 1. The molecule has 0 aromatic heterocycles. The summed E-state index contributed by atoms with van der Waals surface area (Å²) >= 11 is 3.42. The lowest BCUT2D eigenvalue weighted by atomic mass is 10.2. The van der Waals surface area contributed by atoms with Crippen molar-refractivity contribution in [3.63, 3.8) is 0 Å². The molecule has 0 radical (unpaired) electrons. The minimum Gasteiger partial charge on any atom is -0.355 e. The molecule has 1 aliphatic rings. The van der Waals surface area contributed by atoms with Crippen LogP contribution in [0.25, 0.3) is 0 Å². The van der Waals surface area contributed by atoms with Gasteiger partial charge in [0.15, 0.2) is 0 Å². The zero-order chi connectivity index (χ0) is 12.1. The van der Waals surface area contributed by atoms with Crippen molar-refractivity contribution in [2.75, 3.05) is 13.1 Å². The molecule has 1 aliphatic carbocycles. The van der Waals surface area contributed by atoms with E-state index >= 15 is 0 Å². The highest BCUT2D eigenvalue weighted by Gasteiger charge is 2.21. The zero-order valence-electron chi connectivity index (χ0n) is 9.71. The molecule has 0 bridgehead atoms. The number of benzene rings is 1. The predicted molar refractivity (Wildman–Crippen MR) is 71.6 cm³/mol. The molecule has 2 rings (SSSR count). The first-order valence-corrected chi connectivity index (χ1v) is 6.75. The van der Waals surface area contributed by atoms with Gasteiger partial charge in [0.25, 0.3) is 0 Å². The quantitative estimate of drug-likeness (QED) is 0.844. The van der Waals surface area contributed by atoms with Gasteiger partial charge in [-0.05, 0) is 36.5 Å². The molecule has 4 heteroatoms. The molecule has 1 amide bonds. The molecule has 0 unspecified atom stereocenters. The summed E-state index contributed by atoms with van der Waals surface area (Å²) in [7, 11) is 0. The van der Waals surface area contributed by atoms with Gasteiger partial charge < -0.3 is 10.6 Å². The van der Waals surface area contributed by atoms with Crippen LogP contribution in [0.5, 0.6) is 0 Å². The Morgan fingerprint density at radius 3 is 2.94 bits per heavy atom. The van der Waals surface area contributed by atoms with E-state index in [-0.39, 0.29) is 5.91 Å². The maximum Gasteiger partial charge on any atom is 0.233 e. The standard InChI is InChI=1S/C13H17BrN2O/c14-12-3-1-2-11(6-12)7-15-9-13(17)16-8-10-4-5-10/h1-3,6,10,15H,4-5,7-9H2,(H,16,17). The Hall–Kier alpha value is -0.870. The second-order valence-electron chi connectivity index (χ2n) is 4.48. The molecule has 17 heavy (non-hydrogen) atoms. The van der Waals surface area contributed by atoms with E-state index in [0.29, 0.717) is 6.54 Å². The zero-order valence-corrected chi connectivity index (χ0v) is 11.3. The highest BCUT2D eigenvalue weighted by Crippen LogP contribution is 2.27. The number of hydrogen-bond donors (Lipinski definition) is 2. The Morgan fingerprint density at radius 2 is 2.24 bits per heavy atom. The first kappa shape index (κ1) is 12.6. The summed E-state index contributed by atoms with van der Waals surface area (Å²) in [5, 5.41) is 6.07. The van der Waals surface area contributed by atoms with Crippen LogP contribution in [0.2, 0.25) is 0 Å². The lowest BCUT2D eigenvalue weighted by Crippen LogP contribution is -2.34. The van der Waals surface area contributed by atoms with Crippen LogP contribution in [-0.2, 0) is 11.3 Å². The second-order valence-corrected chi connectivity index (χ2v) is 5.40. The van der Waals surface area contributed by atoms with E-state index in [4.69, 9.17) is 0 Å². The first-order chi connectivity index (χ1) is 8.24. The van der Waals surface area contributed by atoms with E-state index in [1.54, 1.807) is 0 Å². The number of carbonyl (C=O) groups excluding carboxylic acids is 1. The molecule has 0 heterocycles. The Bertz CT molecular complexity index is 391. The number of carbonyl (C=O) groups is 1. The fourth-order valence-corrected chi connectivity index (χ4v) is 2.06. The summed E-state index contributed by atoms with van der Waals surface area (Å²) in [5.74, 6) is 0.830. The first-order valence-electron chi connectivity index (χ1n) is 5.96. The summed E-state index contributed by atoms with van der Waals surface area (Å²) in [6.45, 7) is 1.95. The average Bonchev–Trinajstić information content (AvgIpc) is 3.10. The molecule has 1 aromatic rings. The van der Waals surface area contributed by atoms with Crippen molar-refractivity contribution < 1.29 is 4.79 Å². The van der Waals surface area contributed by atoms with Crippen LogP contribution in [0.15, 0.2) is 28.7 Å². The summed E-state index contributed by atoms with van der Waals surface area (Å²) in [5.41, 5.74) is 1.18. The maximum absolute atomic E-state index is 11.4. The Kier molecular flexibility index (Phi) is 4.57. The van der Waals surface area contributed by atoms with Crippen molar-refractivity contribution in [2.45, 2.75) is 19.4 Å². The molecule has 2 N–H and O–H groups in total.